The predicted molar refractivity (Wildman–Crippen MR) is 69.6 cm³/mol. The first-order chi connectivity index (χ1) is 8.61. The largest absolute Gasteiger partial charge is 0.349 e. The molecule has 0 bridgehead atoms. The van der Waals surface area contributed by atoms with E-state index in [2.05, 4.69) is 0 Å². The Labute approximate surface area is 110 Å². The number of carbonyl (C=O) groups excluding carboxylic acids is 1. The summed E-state index contributed by atoms with van der Waals surface area (Å²) in [5, 5.41) is 0.115. The molecule has 0 spiro atoms. The number of hydrogen-bond donors (Lipinski definition) is 0. The normalized spacial score (nSPS) is 10.6. The molecule has 0 radical (unpaired) electrons. The van der Waals surface area contributed by atoms with Gasteiger partial charge in [0.2, 0.25) is 0 Å². The lowest BCUT2D eigenvalue weighted by atomic mass is 10.2. The topological polar surface area (TPSA) is 22.0 Å². The van der Waals surface area contributed by atoms with Crippen LogP contribution in [0, 0.1) is 5.82 Å². The number of hydrogen-bond acceptors (Lipinski definition) is 1. The summed E-state index contributed by atoms with van der Waals surface area (Å²) in [5.74, 6) is -0.323. The number of Topliss-reactive ketones (excluding diaryl/α,β-unsaturated/α-hetero) is 1. The molecule has 2 nitrogen and oxygen atoms in total. The highest BCUT2D eigenvalue weighted by molar-refractivity contribution is 6.30. The first-order valence-electron chi connectivity index (χ1n) is 5.73. The monoisotopic (exact) mass is 265 g/mol. The Kier molecular flexibility index (Phi) is 3.82. The van der Waals surface area contributed by atoms with Gasteiger partial charge in [-0.05, 0) is 12.1 Å². The summed E-state index contributed by atoms with van der Waals surface area (Å²) in [6.45, 7) is 2.18. The van der Waals surface area contributed by atoms with Crippen LogP contribution in [0.4, 0.5) is 4.39 Å². The quantitative estimate of drug-likeness (QED) is 0.768. The summed E-state index contributed by atoms with van der Waals surface area (Å²) in [6.07, 6.45) is 3.96. The van der Waals surface area contributed by atoms with Gasteiger partial charge in [-0.25, -0.2) is 4.39 Å². The van der Waals surface area contributed by atoms with Crippen molar-refractivity contribution >= 4 is 17.4 Å². The summed E-state index contributed by atoms with van der Waals surface area (Å²) < 4.78 is 15.5. The Morgan fingerprint density at radius 1 is 1.39 bits per heavy atom. The molecule has 0 amide bonds. The fourth-order valence-corrected chi connectivity index (χ4v) is 1.97. The van der Waals surface area contributed by atoms with Crippen molar-refractivity contribution < 1.29 is 9.18 Å². The van der Waals surface area contributed by atoms with Gasteiger partial charge >= 0.3 is 0 Å². The number of halogens is 2. The van der Waals surface area contributed by atoms with E-state index in [4.69, 9.17) is 11.6 Å². The number of nitrogens with zero attached hydrogens (tertiary/aromatic N) is 1. The van der Waals surface area contributed by atoms with E-state index in [1.165, 1.54) is 6.07 Å². The third-order valence-electron chi connectivity index (χ3n) is 2.78. The number of aromatic nitrogens is 1. The first kappa shape index (κ1) is 12.8. The lowest BCUT2D eigenvalue weighted by Crippen LogP contribution is -2.00. The molecule has 0 aliphatic carbocycles. The number of benzene rings is 1. The number of ketones is 1. The molecule has 0 aliphatic rings. The molecule has 0 N–H and O–H groups in total. The van der Waals surface area contributed by atoms with Gasteiger partial charge < -0.3 is 4.57 Å². The van der Waals surface area contributed by atoms with Gasteiger partial charge in [-0.1, -0.05) is 30.7 Å². The Bertz CT molecular complexity index is 577. The average Bonchev–Trinajstić information content (AvgIpc) is 2.82. The second-order valence-electron chi connectivity index (χ2n) is 4.06. The minimum Gasteiger partial charge on any atom is -0.349 e. The minimum atomic E-state index is -0.406. The highest BCUT2D eigenvalue weighted by atomic mass is 35.5. The van der Waals surface area contributed by atoms with E-state index in [-0.39, 0.29) is 10.8 Å². The van der Waals surface area contributed by atoms with E-state index < -0.39 is 5.82 Å². The summed E-state index contributed by atoms with van der Waals surface area (Å²) in [6, 6.07) is 6.65. The van der Waals surface area contributed by atoms with Gasteiger partial charge in [0, 0.05) is 36.5 Å². The zero-order valence-electron chi connectivity index (χ0n) is 9.99. The Morgan fingerprint density at radius 3 is 2.89 bits per heavy atom. The van der Waals surface area contributed by atoms with Crippen LogP contribution in [0.25, 0.3) is 0 Å². The van der Waals surface area contributed by atoms with E-state index in [1.54, 1.807) is 35.2 Å². The van der Waals surface area contributed by atoms with Crippen LogP contribution in [0.5, 0.6) is 0 Å². The van der Waals surface area contributed by atoms with Crippen LogP contribution >= 0.6 is 11.6 Å². The third-order valence-corrected chi connectivity index (χ3v) is 3.07. The summed E-state index contributed by atoms with van der Waals surface area (Å²) >= 11 is 5.72. The molecule has 4 heteroatoms. The van der Waals surface area contributed by atoms with E-state index in [1.807, 2.05) is 6.92 Å². The Balaban J connectivity index is 2.21. The van der Waals surface area contributed by atoms with Crippen LogP contribution in [0.3, 0.4) is 0 Å². The highest BCUT2D eigenvalue weighted by Crippen LogP contribution is 2.19. The molecule has 0 saturated carbocycles. The number of rotatable bonds is 4. The minimum absolute atomic E-state index is 0.0836. The maximum atomic E-state index is 13.7. The Hall–Kier alpha value is -1.61. The molecule has 18 heavy (non-hydrogen) atoms. The van der Waals surface area contributed by atoms with Crippen molar-refractivity contribution in [2.24, 2.45) is 0 Å². The summed E-state index contributed by atoms with van der Waals surface area (Å²) in [5.41, 5.74) is 1.16. The van der Waals surface area contributed by atoms with Gasteiger partial charge in [-0.2, -0.15) is 0 Å². The average molecular weight is 266 g/mol. The standard InChI is InChI=1S/C14H13ClFNO/c1-2-13(18)10-6-7-17(8-10)9-11-4-3-5-12(15)14(11)16/h3-8H,2,9H2,1H3. The molecule has 0 aliphatic heterocycles. The maximum Gasteiger partial charge on any atom is 0.164 e. The molecule has 1 aromatic heterocycles. The van der Waals surface area contributed by atoms with E-state index in [0.29, 0.717) is 24.1 Å². The first-order valence-corrected chi connectivity index (χ1v) is 6.11. The second kappa shape index (κ2) is 5.36. The molecule has 0 unspecified atom stereocenters. The van der Waals surface area contributed by atoms with Crippen LogP contribution in [0.2, 0.25) is 5.02 Å². The van der Waals surface area contributed by atoms with Crippen molar-refractivity contribution in [1.82, 2.24) is 4.57 Å². The van der Waals surface area contributed by atoms with Crippen molar-refractivity contribution in [1.29, 1.82) is 0 Å². The summed E-state index contributed by atoms with van der Waals surface area (Å²) in [7, 11) is 0. The van der Waals surface area contributed by atoms with E-state index in [9.17, 15) is 9.18 Å². The molecule has 2 aromatic rings. The van der Waals surface area contributed by atoms with Gasteiger partial charge in [0.25, 0.3) is 0 Å². The smallest absolute Gasteiger partial charge is 0.164 e. The molecule has 1 heterocycles. The molecule has 1 aromatic carbocycles. The molecule has 0 saturated heterocycles. The van der Waals surface area contributed by atoms with Crippen molar-refractivity contribution in [2.75, 3.05) is 0 Å². The van der Waals surface area contributed by atoms with Crippen LogP contribution in [0.1, 0.15) is 29.3 Å². The van der Waals surface area contributed by atoms with Crippen molar-refractivity contribution in [3.63, 3.8) is 0 Å². The third kappa shape index (κ3) is 2.62. The van der Waals surface area contributed by atoms with E-state index >= 15 is 0 Å². The van der Waals surface area contributed by atoms with Crippen LogP contribution in [-0.2, 0) is 6.54 Å². The fraction of sp³-hybridized carbons (Fsp3) is 0.214. The van der Waals surface area contributed by atoms with Gasteiger partial charge in [0.15, 0.2) is 5.78 Å². The van der Waals surface area contributed by atoms with Crippen LogP contribution < -0.4 is 0 Å². The number of carbonyl (C=O) groups is 1. The highest BCUT2D eigenvalue weighted by Gasteiger charge is 2.08. The second-order valence-corrected chi connectivity index (χ2v) is 4.47. The molecular formula is C14H13ClFNO. The Morgan fingerprint density at radius 2 is 2.17 bits per heavy atom. The van der Waals surface area contributed by atoms with Crippen molar-refractivity contribution in [3.8, 4) is 0 Å². The van der Waals surface area contributed by atoms with E-state index in [0.717, 1.165) is 0 Å². The molecule has 94 valence electrons. The van der Waals surface area contributed by atoms with Gasteiger partial charge in [-0.15, -0.1) is 0 Å². The predicted octanol–water partition coefficient (Wildman–Crippen LogP) is 3.92. The van der Waals surface area contributed by atoms with Crippen molar-refractivity contribution in [2.45, 2.75) is 19.9 Å². The molecule has 0 atom stereocenters. The van der Waals surface area contributed by atoms with Gasteiger partial charge in [0.05, 0.1) is 5.02 Å². The van der Waals surface area contributed by atoms with Crippen LogP contribution in [0.15, 0.2) is 36.7 Å². The SMILES string of the molecule is CCC(=O)c1ccn(Cc2cccc(Cl)c2F)c1. The van der Waals surface area contributed by atoms with Gasteiger partial charge in [-0.3, -0.25) is 4.79 Å². The lowest BCUT2D eigenvalue weighted by Gasteiger charge is -2.05. The summed E-state index contributed by atoms with van der Waals surface area (Å²) in [4.78, 5) is 11.5. The molecule has 0 fully saturated rings. The van der Waals surface area contributed by atoms with Crippen LogP contribution in [-0.4, -0.2) is 10.4 Å². The zero-order valence-corrected chi connectivity index (χ0v) is 10.7. The van der Waals surface area contributed by atoms with Crippen molar-refractivity contribution in [3.05, 3.63) is 58.6 Å². The fourth-order valence-electron chi connectivity index (χ4n) is 1.78. The lowest BCUT2D eigenvalue weighted by molar-refractivity contribution is 0.0988. The van der Waals surface area contributed by atoms with Gasteiger partial charge in [0.1, 0.15) is 5.82 Å². The maximum absolute atomic E-state index is 13.7. The molecule has 2 rings (SSSR count). The zero-order chi connectivity index (χ0) is 13.1. The molecular weight excluding hydrogens is 253 g/mol.